The van der Waals surface area contributed by atoms with Gasteiger partial charge >= 0.3 is 12.0 Å². The zero-order valence-electron chi connectivity index (χ0n) is 16.3. The summed E-state index contributed by atoms with van der Waals surface area (Å²) in [5.41, 5.74) is 1.30. The average molecular weight is 401 g/mol. The molecule has 8 heteroatoms. The van der Waals surface area contributed by atoms with E-state index in [-0.39, 0.29) is 18.3 Å². The Balaban J connectivity index is 1.79. The van der Waals surface area contributed by atoms with Gasteiger partial charge in [-0.25, -0.2) is 14.0 Å². The smallest absolute Gasteiger partial charge is 0.329 e. The Morgan fingerprint density at radius 1 is 1.00 bits per heavy atom. The number of anilines is 1. The van der Waals surface area contributed by atoms with Crippen LogP contribution >= 0.6 is 0 Å². The van der Waals surface area contributed by atoms with Gasteiger partial charge in [0.05, 0.1) is 0 Å². The van der Waals surface area contributed by atoms with Crippen molar-refractivity contribution < 1.29 is 23.5 Å². The van der Waals surface area contributed by atoms with E-state index in [9.17, 15) is 18.8 Å². The highest BCUT2D eigenvalue weighted by Crippen LogP contribution is 2.08. The summed E-state index contributed by atoms with van der Waals surface area (Å²) in [6.07, 6.45) is 0. The lowest BCUT2D eigenvalue weighted by molar-refractivity contribution is -0.151. The highest BCUT2D eigenvalue weighted by atomic mass is 19.1. The predicted octanol–water partition coefficient (Wildman–Crippen LogP) is 2.83. The standard InChI is InChI=1S/C21H24FN3O4/c1-14(2)19(25-21(28)24-17-6-4-3-5-7-17)20(27)29-13-18(26)23-12-15-8-10-16(22)11-9-15/h3-11,14,19H,12-13H2,1-2H3,(H,23,26)(H2,24,25,28)/t19-/m0/s1. The summed E-state index contributed by atoms with van der Waals surface area (Å²) < 4.78 is 17.9. The maximum Gasteiger partial charge on any atom is 0.329 e. The summed E-state index contributed by atoms with van der Waals surface area (Å²) in [6.45, 7) is 3.21. The van der Waals surface area contributed by atoms with Crippen molar-refractivity contribution in [2.75, 3.05) is 11.9 Å². The van der Waals surface area contributed by atoms with Gasteiger partial charge in [-0.15, -0.1) is 0 Å². The van der Waals surface area contributed by atoms with E-state index < -0.39 is 30.6 Å². The number of esters is 1. The summed E-state index contributed by atoms with van der Waals surface area (Å²) in [5.74, 6) is -1.82. The third-order valence-corrected chi connectivity index (χ3v) is 3.99. The molecule has 1 atom stereocenters. The molecule has 2 aromatic rings. The van der Waals surface area contributed by atoms with Gasteiger partial charge in [-0.3, -0.25) is 4.79 Å². The molecule has 154 valence electrons. The topological polar surface area (TPSA) is 96.5 Å². The number of benzene rings is 2. The maximum atomic E-state index is 12.9. The van der Waals surface area contributed by atoms with Crippen LogP contribution in [0.5, 0.6) is 0 Å². The number of amides is 3. The number of para-hydroxylation sites is 1. The molecule has 0 heterocycles. The molecule has 3 amide bonds. The molecule has 0 aromatic heterocycles. The Kier molecular flexibility index (Phi) is 8.14. The van der Waals surface area contributed by atoms with Crippen molar-refractivity contribution in [3.05, 3.63) is 66.0 Å². The first-order chi connectivity index (χ1) is 13.8. The molecule has 3 N–H and O–H groups in total. The average Bonchev–Trinajstić information content (AvgIpc) is 2.70. The Hall–Kier alpha value is -3.42. The van der Waals surface area contributed by atoms with Crippen LogP contribution in [0.15, 0.2) is 54.6 Å². The molecule has 0 aliphatic carbocycles. The summed E-state index contributed by atoms with van der Waals surface area (Å²) in [4.78, 5) is 36.3. The van der Waals surface area contributed by atoms with E-state index in [2.05, 4.69) is 16.0 Å². The number of urea groups is 1. The molecular formula is C21H24FN3O4. The molecule has 2 aromatic carbocycles. The molecule has 2 rings (SSSR count). The monoisotopic (exact) mass is 401 g/mol. The number of rotatable bonds is 8. The van der Waals surface area contributed by atoms with Crippen molar-refractivity contribution in [2.24, 2.45) is 5.92 Å². The van der Waals surface area contributed by atoms with Crippen LogP contribution in [0.3, 0.4) is 0 Å². The number of hydrogen-bond acceptors (Lipinski definition) is 4. The first kappa shape index (κ1) is 21.9. The lowest BCUT2D eigenvalue weighted by atomic mass is 10.1. The fraction of sp³-hybridized carbons (Fsp3) is 0.286. The van der Waals surface area contributed by atoms with E-state index in [1.807, 2.05) is 6.07 Å². The molecule has 0 spiro atoms. The number of hydrogen-bond donors (Lipinski definition) is 3. The summed E-state index contributed by atoms with van der Waals surface area (Å²) in [5, 5.41) is 7.76. The maximum absolute atomic E-state index is 12.9. The van der Waals surface area contributed by atoms with Crippen molar-refractivity contribution in [1.29, 1.82) is 0 Å². The van der Waals surface area contributed by atoms with Crippen LogP contribution in [-0.2, 0) is 20.9 Å². The van der Waals surface area contributed by atoms with Gasteiger partial charge in [-0.2, -0.15) is 0 Å². The Bertz CT molecular complexity index is 826. The third-order valence-electron chi connectivity index (χ3n) is 3.99. The van der Waals surface area contributed by atoms with Gasteiger partial charge in [0.25, 0.3) is 5.91 Å². The van der Waals surface area contributed by atoms with Gasteiger partial charge in [0.15, 0.2) is 6.61 Å². The summed E-state index contributed by atoms with van der Waals surface area (Å²) >= 11 is 0. The van der Waals surface area contributed by atoms with Crippen molar-refractivity contribution >= 4 is 23.6 Å². The highest BCUT2D eigenvalue weighted by Gasteiger charge is 2.26. The van der Waals surface area contributed by atoms with E-state index in [4.69, 9.17) is 4.74 Å². The van der Waals surface area contributed by atoms with Gasteiger partial charge < -0.3 is 20.7 Å². The number of carbonyl (C=O) groups is 3. The Morgan fingerprint density at radius 2 is 1.66 bits per heavy atom. The zero-order chi connectivity index (χ0) is 21.2. The summed E-state index contributed by atoms with van der Waals surface area (Å²) in [6, 6.07) is 13.0. The van der Waals surface area contributed by atoms with Crippen LogP contribution in [0, 0.1) is 11.7 Å². The minimum Gasteiger partial charge on any atom is -0.454 e. The molecule has 0 bridgehead atoms. The Labute approximate surface area is 168 Å². The van der Waals surface area contributed by atoms with Crippen LogP contribution in [-0.4, -0.2) is 30.6 Å². The molecule has 0 radical (unpaired) electrons. The molecule has 0 saturated heterocycles. The van der Waals surface area contributed by atoms with Gasteiger partial charge in [0.2, 0.25) is 0 Å². The number of nitrogens with one attached hydrogen (secondary N) is 3. The molecule has 0 saturated carbocycles. The van der Waals surface area contributed by atoms with E-state index in [0.29, 0.717) is 11.3 Å². The van der Waals surface area contributed by atoms with E-state index in [1.165, 1.54) is 12.1 Å². The SMILES string of the molecule is CC(C)[C@H](NC(=O)Nc1ccccc1)C(=O)OCC(=O)NCc1ccc(F)cc1. The molecule has 0 aliphatic rings. The molecule has 0 unspecified atom stereocenters. The lowest BCUT2D eigenvalue weighted by Crippen LogP contribution is -2.47. The molecule has 29 heavy (non-hydrogen) atoms. The van der Waals surface area contributed by atoms with E-state index in [1.54, 1.807) is 50.2 Å². The first-order valence-corrected chi connectivity index (χ1v) is 9.15. The number of carbonyl (C=O) groups excluding carboxylic acids is 3. The second-order valence-corrected chi connectivity index (χ2v) is 6.70. The molecule has 0 aliphatic heterocycles. The third kappa shape index (κ3) is 7.61. The van der Waals surface area contributed by atoms with Crippen LogP contribution in [0.2, 0.25) is 0 Å². The van der Waals surface area contributed by atoms with E-state index in [0.717, 1.165) is 0 Å². The van der Waals surface area contributed by atoms with Crippen molar-refractivity contribution in [3.63, 3.8) is 0 Å². The summed E-state index contributed by atoms with van der Waals surface area (Å²) in [7, 11) is 0. The van der Waals surface area contributed by atoms with Crippen LogP contribution < -0.4 is 16.0 Å². The number of halogens is 1. The van der Waals surface area contributed by atoms with Crippen molar-refractivity contribution in [2.45, 2.75) is 26.4 Å². The van der Waals surface area contributed by atoms with Crippen molar-refractivity contribution in [3.8, 4) is 0 Å². The largest absolute Gasteiger partial charge is 0.454 e. The fourth-order valence-electron chi connectivity index (χ4n) is 2.41. The van der Waals surface area contributed by atoms with Crippen LogP contribution in [0.25, 0.3) is 0 Å². The van der Waals surface area contributed by atoms with Crippen LogP contribution in [0.1, 0.15) is 19.4 Å². The van der Waals surface area contributed by atoms with Crippen molar-refractivity contribution in [1.82, 2.24) is 10.6 Å². The fourth-order valence-corrected chi connectivity index (χ4v) is 2.41. The second kappa shape index (κ2) is 10.8. The minimum atomic E-state index is -0.913. The zero-order valence-corrected chi connectivity index (χ0v) is 16.3. The quantitative estimate of drug-likeness (QED) is 0.593. The lowest BCUT2D eigenvalue weighted by Gasteiger charge is -2.21. The van der Waals surface area contributed by atoms with Gasteiger partial charge in [-0.1, -0.05) is 44.2 Å². The Morgan fingerprint density at radius 3 is 2.28 bits per heavy atom. The predicted molar refractivity (Wildman–Crippen MR) is 106 cm³/mol. The normalized spacial score (nSPS) is 11.4. The van der Waals surface area contributed by atoms with Crippen LogP contribution in [0.4, 0.5) is 14.9 Å². The first-order valence-electron chi connectivity index (χ1n) is 9.15. The molecular weight excluding hydrogens is 377 g/mol. The molecule has 7 nitrogen and oxygen atoms in total. The van der Waals surface area contributed by atoms with Gasteiger partial charge in [-0.05, 0) is 35.7 Å². The highest BCUT2D eigenvalue weighted by molar-refractivity contribution is 5.93. The van der Waals surface area contributed by atoms with E-state index >= 15 is 0 Å². The number of ether oxygens (including phenoxy) is 1. The second-order valence-electron chi connectivity index (χ2n) is 6.70. The van der Waals surface area contributed by atoms with Gasteiger partial charge in [0, 0.05) is 12.2 Å². The van der Waals surface area contributed by atoms with Gasteiger partial charge in [0.1, 0.15) is 11.9 Å². The minimum absolute atomic E-state index is 0.183. The molecule has 0 fully saturated rings.